The molecule has 0 spiro atoms. The second-order valence-corrected chi connectivity index (χ2v) is 7.37. The van der Waals surface area contributed by atoms with Crippen molar-refractivity contribution in [1.29, 1.82) is 0 Å². The fraction of sp³-hybridized carbons (Fsp3) is 0.235. The van der Waals surface area contributed by atoms with Crippen molar-refractivity contribution in [2.24, 2.45) is 0 Å². The van der Waals surface area contributed by atoms with Gasteiger partial charge in [0.05, 0.1) is 17.1 Å². The number of hydrogen-bond acceptors (Lipinski definition) is 6. The zero-order chi connectivity index (χ0) is 18.4. The average molecular weight is 373 g/mol. The van der Waals surface area contributed by atoms with Crippen LogP contribution in [0.5, 0.6) is 5.75 Å². The SMILES string of the molecule is CCCCN(Oc1ccc(-n2cnnn2)cc1)S(=O)(=O)c1ccccc1. The molecule has 1 aromatic heterocycles. The summed E-state index contributed by atoms with van der Waals surface area (Å²) >= 11 is 0. The molecule has 0 N–H and O–H groups in total. The Kier molecular flexibility index (Phi) is 5.59. The van der Waals surface area contributed by atoms with Crippen molar-refractivity contribution in [3.63, 3.8) is 0 Å². The Morgan fingerprint density at radius 2 is 1.81 bits per heavy atom. The van der Waals surface area contributed by atoms with Crippen molar-refractivity contribution < 1.29 is 13.3 Å². The van der Waals surface area contributed by atoms with Crippen molar-refractivity contribution in [2.75, 3.05) is 6.54 Å². The van der Waals surface area contributed by atoms with Crippen LogP contribution in [0.3, 0.4) is 0 Å². The van der Waals surface area contributed by atoms with Crippen LogP contribution in [0.4, 0.5) is 0 Å². The number of rotatable bonds is 8. The van der Waals surface area contributed by atoms with Crippen LogP contribution in [0.2, 0.25) is 0 Å². The van der Waals surface area contributed by atoms with Crippen LogP contribution in [0, 0.1) is 0 Å². The number of sulfonamides is 1. The summed E-state index contributed by atoms with van der Waals surface area (Å²) in [4.78, 5) is 5.89. The Bertz CT molecular complexity index is 913. The maximum atomic E-state index is 12.9. The average Bonchev–Trinajstić information content (AvgIpc) is 3.21. The summed E-state index contributed by atoms with van der Waals surface area (Å²) in [6.07, 6.45) is 3.01. The van der Waals surface area contributed by atoms with E-state index in [1.54, 1.807) is 54.6 Å². The lowest BCUT2D eigenvalue weighted by atomic mass is 10.3. The van der Waals surface area contributed by atoms with Gasteiger partial charge in [0.2, 0.25) is 0 Å². The van der Waals surface area contributed by atoms with Gasteiger partial charge in [-0.05, 0) is 57.7 Å². The van der Waals surface area contributed by atoms with Crippen LogP contribution < -0.4 is 4.84 Å². The highest BCUT2D eigenvalue weighted by atomic mass is 32.2. The molecule has 0 fully saturated rings. The van der Waals surface area contributed by atoms with E-state index >= 15 is 0 Å². The van der Waals surface area contributed by atoms with Crippen LogP contribution in [-0.4, -0.2) is 39.6 Å². The minimum absolute atomic E-state index is 0.196. The Balaban J connectivity index is 1.82. The van der Waals surface area contributed by atoms with Gasteiger partial charge in [-0.15, -0.1) is 5.10 Å². The quantitative estimate of drug-likeness (QED) is 0.563. The first-order valence-electron chi connectivity index (χ1n) is 8.20. The standard InChI is InChI=1S/C17H19N5O3S/c1-2-3-13-22(26(23,24)17-7-5-4-6-8-17)25-16-11-9-15(10-12-16)21-14-18-19-20-21/h4-12,14H,2-3,13H2,1H3. The molecule has 136 valence electrons. The maximum Gasteiger partial charge on any atom is 0.273 e. The van der Waals surface area contributed by atoms with E-state index in [1.807, 2.05) is 6.92 Å². The lowest BCUT2D eigenvalue weighted by molar-refractivity contribution is 0.0348. The third kappa shape index (κ3) is 4.06. The highest BCUT2D eigenvalue weighted by Crippen LogP contribution is 2.21. The topological polar surface area (TPSA) is 90.2 Å². The van der Waals surface area contributed by atoms with Gasteiger partial charge in [0.25, 0.3) is 10.0 Å². The number of hydrogen-bond donors (Lipinski definition) is 0. The molecule has 2 aromatic carbocycles. The molecule has 3 aromatic rings. The summed E-state index contributed by atoms with van der Waals surface area (Å²) < 4.78 is 28.3. The zero-order valence-electron chi connectivity index (χ0n) is 14.3. The summed E-state index contributed by atoms with van der Waals surface area (Å²) in [6, 6.07) is 15.1. The third-order valence-electron chi connectivity index (χ3n) is 3.66. The van der Waals surface area contributed by atoms with Crippen molar-refractivity contribution >= 4 is 10.0 Å². The third-order valence-corrected chi connectivity index (χ3v) is 5.32. The first-order chi connectivity index (χ1) is 12.6. The predicted octanol–water partition coefficient (Wildman–Crippen LogP) is 2.45. The lowest BCUT2D eigenvalue weighted by Crippen LogP contribution is -2.35. The molecule has 0 atom stereocenters. The summed E-state index contributed by atoms with van der Waals surface area (Å²) in [6.45, 7) is 2.26. The van der Waals surface area contributed by atoms with Gasteiger partial charge < -0.3 is 4.84 Å². The fourth-order valence-electron chi connectivity index (χ4n) is 2.27. The molecule has 0 aliphatic heterocycles. The van der Waals surface area contributed by atoms with Crippen LogP contribution in [0.15, 0.2) is 65.8 Å². The van der Waals surface area contributed by atoms with Crippen molar-refractivity contribution in [3.8, 4) is 11.4 Å². The van der Waals surface area contributed by atoms with Crippen molar-refractivity contribution in [2.45, 2.75) is 24.7 Å². The highest BCUT2D eigenvalue weighted by molar-refractivity contribution is 7.89. The van der Waals surface area contributed by atoms with Gasteiger partial charge in [0.15, 0.2) is 0 Å². The molecule has 0 unspecified atom stereocenters. The molecule has 26 heavy (non-hydrogen) atoms. The van der Waals surface area contributed by atoms with Crippen molar-refractivity contribution in [1.82, 2.24) is 24.7 Å². The van der Waals surface area contributed by atoms with Crippen LogP contribution in [-0.2, 0) is 10.0 Å². The van der Waals surface area contributed by atoms with Gasteiger partial charge in [-0.25, -0.2) is 13.1 Å². The Labute approximate surface area is 152 Å². The molecule has 0 radical (unpaired) electrons. The van der Waals surface area contributed by atoms with Gasteiger partial charge >= 0.3 is 0 Å². The molecule has 0 amide bonds. The summed E-state index contributed by atoms with van der Waals surface area (Å²) in [5, 5.41) is 11.0. The lowest BCUT2D eigenvalue weighted by Gasteiger charge is -2.22. The number of benzene rings is 2. The second-order valence-electron chi connectivity index (χ2n) is 5.54. The first kappa shape index (κ1) is 18.0. The van der Waals surface area contributed by atoms with Crippen LogP contribution in [0.1, 0.15) is 19.8 Å². The number of hydroxylamine groups is 1. The summed E-state index contributed by atoms with van der Waals surface area (Å²) in [7, 11) is -3.75. The molecule has 9 heteroatoms. The van der Waals surface area contributed by atoms with E-state index in [4.69, 9.17) is 4.84 Å². The molecule has 3 rings (SSSR count). The molecular formula is C17H19N5O3S. The molecule has 1 heterocycles. The zero-order valence-corrected chi connectivity index (χ0v) is 15.1. The number of aromatic nitrogens is 4. The van der Waals surface area contributed by atoms with Crippen LogP contribution >= 0.6 is 0 Å². The molecular weight excluding hydrogens is 354 g/mol. The molecule has 8 nitrogen and oxygen atoms in total. The van der Waals surface area contributed by atoms with E-state index in [0.717, 1.165) is 16.6 Å². The summed E-state index contributed by atoms with van der Waals surface area (Å²) in [5.74, 6) is 0.414. The molecule has 0 bridgehead atoms. The monoisotopic (exact) mass is 373 g/mol. The van der Waals surface area contributed by atoms with Gasteiger partial charge in [0, 0.05) is 0 Å². The normalized spacial score (nSPS) is 11.6. The minimum Gasteiger partial charge on any atom is -0.391 e. The van der Waals surface area contributed by atoms with Crippen LogP contribution in [0.25, 0.3) is 5.69 Å². The Hall–Kier alpha value is -2.78. The van der Waals surface area contributed by atoms with Gasteiger partial charge in [-0.2, -0.15) is 0 Å². The Morgan fingerprint density at radius 1 is 1.08 bits per heavy atom. The molecule has 0 saturated heterocycles. The van der Waals surface area contributed by atoms with Crippen molar-refractivity contribution in [3.05, 3.63) is 60.9 Å². The largest absolute Gasteiger partial charge is 0.391 e. The van der Waals surface area contributed by atoms with E-state index in [-0.39, 0.29) is 11.4 Å². The first-order valence-corrected chi connectivity index (χ1v) is 9.64. The predicted molar refractivity (Wildman–Crippen MR) is 95.0 cm³/mol. The number of nitrogens with zero attached hydrogens (tertiary/aromatic N) is 5. The number of tetrazole rings is 1. The Morgan fingerprint density at radius 3 is 2.42 bits per heavy atom. The molecule has 0 aliphatic carbocycles. The number of unbranched alkanes of at least 4 members (excludes halogenated alkanes) is 1. The van der Waals surface area contributed by atoms with Gasteiger partial charge in [-0.1, -0.05) is 31.5 Å². The fourth-order valence-corrected chi connectivity index (χ4v) is 3.56. The van der Waals surface area contributed by atoms with E-state index < -0.39 is 10.0 Å². The smallest absolute Gasteiger partial charge is 0.273 e. The molecule has 0 saturated carbocycles. The van der Waals surface area contributed by atoms with E-state index in [2.05, 4.69) is 15.5 Å². The molecule has 0 aliphatic rings. The van der Waals surface area contributed by atoms with Gasteiger partial charge in [-0.3, -0.25) is 0 Å². The van der Waals surface area contributed by atoms with E-state index in [1.165, 1.54) is 11.0 Å². The van der Waals surface area contributed by atoms with E-state index in [0.29, 0.717) is 12.2 Å². The highest BCUT2D eigenvalue weighted by Gasteiger charge is 2.26. The van der Waals surface area contributed by atoms with Gasteiger partial charge in [0.1, 0.15) is 12.1 Å². The second kappa shape index (κ2) is 8.07. The summed E-state index contributed by atoms with van der Waals surface area (Å²) in [5.41, 5.74) is 0.744. The maximum absolute atomic E-state index is 12.9. The minimum atomic E-state index is -3.75. The van der Waals surface area contributed by atoms with E-state index in [9.17, 15) is 8.42 Å².